The molecule has 0 fully saturated rings. The molecule has 0 saturated carbocycles. The molecule has 1 N–H and O–H groups in total. The van der Waals surface area contributed by atoms with Gasteiger partial charge in [0.25, 0.3) is 6.08 Å². The second-order valence-electron chi connectivity index (χ2n) is 3.88. The van der Waals surface area contributed by atoms with E-state index in [1.54, 1.807) is 12.1 Å². The van der Waals surface area contributed by atoms with Gasteiger partial charge in [0.1, 0.15) is 5.57 Å². The third kappa shape index (κ3) is 2.85. The van der Waals surface area contributed by atoms with E-state index in [0.717, 1.165) is 11.1 Å². The summed E-state index contributed by atoms with van der Waals surface area (Å²) in [6.45, 7) is 0. The molecule has 0 aliphatic heterocycles. The van der Waals surface area contributed by atoms with Gasteiger partial charge in [0.05, 0.1) is 0 Å². The second-order valence-corrected chi connectivity index (χ2v) is 3.88. The summed E-state index contributed by atoms with van der Waals surface area (Å²) >= 11 is 0. The van der Waals surface area contributed by atoms with E-state index >= 15 is 0 Å². The van der Waals surface area contributed by atoms with Crippen molar-refractivity contribution in [3.63, 3.8) is 0 Å². The van der Waals surface area contributed by atoms with Crippen molar-refractivity contribution >= 4 is 11.5 Å². The van der Waals surface area contributed by atoms with Crippen LogP contribution in [0, 0.1) is 0 Å². The minimum Gasteiger partial charge on any atom is -0.477 e. The molecule has 0 heterocycles. The molecule has 0 radical (unpaired) electrons. The van der Waals surface area contributed by atoms with Gasteiger partial charge < -0.3 is 5.11 Å². The molecule has 0 aromatic heterocycles. The number of rotatable bonds is 3. The van der Waals surface area contributed by atoms with E-state index in [1.165, 1.54) is 12.1 Å². The molecule has 2 aromatic carbocycles. The number of carbonyl (C=O) groups is 1. The average Bonchev–Trinajstić information content (AvgIpc) is 2.40. The quantitative estimate of drug-likeness (QED) is 0.845. The first-order valence-electron chi connectivity index (χ1n) is 5.54. The zero-order valence-corrected chi connectivity index (χ0v) is 9.81. The van der Waals surface area contributed by atoms with Gasteiger partial charge in [0, 0.05) is 0 Å². The van der Waals surface area contributed by atoms with Gasteiger partial charge in [0.15, 0.2) is 0 Å². The van der Waals surface area contributed by atoms with Crippen molar-refractivity contribution in [3.8, 4) is 11.1 Å². The molecule has 2 nitrogen and oxygen atoms in total. The summed E-state index contributed by atoms with van der Waals surface area (Å²) in [5, 5.41) is 8.75. The Hall–Kier alpha value is -2.49. The van der Waals surface area contributed by atoms with E-state index in [-0.39, 0.29) is 5.56 Å². The van der Waals surface area contributed by atoms with Crippen LogP contribution in [0.1, 0.15) is 5.56 Å². The maximum atomic E-state index is 12.6. The van der Waals surface area contributed by atoms with Gasteiger partial charge in [-0.2, -0.15) is 8.78 Å². The van der Waals surface area contributed by atoms with Gasteiger partial charge in [-0.3, -0.25) is 0 Å². The second kappa shape index (κ2) is 5.44. The summed E-state index contributed by atoms with van der Waals surface area (Å²) in [5.74, 6) is -1.63. The first-order valence-corrected chi connectivity index (χ1v) is 5.54. The van der Waals surface area contributed by atoms with Crippen LogP contribution in [0.3, 0.4) is 0 Å². The van der Waals surface area contributed by atoms with Crippen molar-refractivity contribution in [1.29, 1.82) is 0 Å². The Balaban J connectivity index is 2.39. The van der Waals surface area contributed by atoms with Gasteiger partial charge in [-0.05, 0) is 16.7 Å². The minimum atomic E-state index is -2.19. The highest BCUT2D eigenvalue weighted by Gasteiger charge is 2.17. The van der Waals surface area contributed by atoms with Crippen LogP contribution in [0.5, 0.6) is 0 Å². The fraction of sp³-hybridized carbons (Fsp3) is 0. The van der Waals surface area contributed by atoms with E-state index in [9.17, 15) is 13.6 Å². The fourth-order valence-electron chi connectivity index (χ4n) is 1.77. The Morgan fingerprint density at radius 2 is 1.37 bits per heavy atom. The maximum Gasteiger partial charge on any atom is 0.341 e. The predicted octanol–water partition coefficient (Wildman–Crippen LogP) is 4.05. The van der Waals surface area contributed by atoms with Crippen molar-refractivity contribution in [1.82, 2.24) is 0 Å². The summed E-state index contributed by atoms with van der Waals surface area (Å²) in [7, 11) is 0. The lowest BCUT2D eigenvalue weighted by atomic mass is 10.0. The summed E-state index contributed by atoms with van der Waals surface area (Å²) in [6, 6.07) is 15.4. The Morgan fingerprint density at radius 1 is 0.842 bits per heavy atom. The monoisotopic (exact) mass is 260 g/mol. The lowest BCUT2D eigenvalue weighted by Gasteiger charge is -2.04. The van der Waals surface area contributed by atoms with Crippen molar-refractivity contribution in [2.24, 2.45) is 0 Å². The number of carboxylic acid groups (broad SMARTS) is 1. The largest absolute Gasteiger partial charge is 0.477 e. The first-order chi connectivity index (χ1) is 9.09. The average molecular weight is 260 g/mol. The van der Waals surface area contributed by atoms with E-state index in [1.807, 2.05) is 30.3 Å². The molecular weight excluding hydrogens is 250 g/mol. The van der Waals surface area contributed by atoms with Gasteiger partial charge >= 0.3 is 5.97 Å². The number of aliphatic carboxylic acids is 1. The molecule has 0 amide bonds. The summed E-state index contributed by atoms with van der Waals surface area (Å²) in [4.78, 5) is 10.8. The third-order valence-electron chi connectivity index (χ3n) is 2.68. The number of halogens is 2. The SMILES string of the molecule is O=C(O)C(=C(F)F)c1ccc(-c2ccccc2)cc1. The number of hydrogen-bond donors (Lipinski definition) is 1. The van der Waals surface area contributed by atoms with E-state index in [0.29, 0.717) is 0 Å². The molecule has 0 atom stereocenters. The Labute approximate surface area is 108 Å². The van der Waals surface area contributed by atoms with Crippen LogP contribution in [0.25, 0.3) is 16.7 Å². The fourth-order valence-corrected chi connectivity index (χ4v) is 1.77. The maximum absolute atomic E-state index is 12.6. The first kappa shape index (κ1) is 13.0. The highest BCUT2D eigenvalue weighted by atomic mass is 19.3. The number of hydrogen-bond acceptors (Lipinski definition) is 1. The van der Waals surface area contributed by atoms with Crippen LogP contribution < -0.4 is 0 Å². The van der Waals surface area contributed by atoms with Crippen LogP contribution in [0.4, 0.5) is 8.78 Å². The summed E-state index contributed by atoms with van der Waals surface area (Å²) < 4.78 is 25.1. The Kier molecular flexibility index (Phi) is 3.71. The molecule has 4 heteroatoms. The summed E-state index contributed by atoms with van der Waals surface area (Å²) in [6.07, 6.45) is -2.19. The van der Waals surface area contributed by atoms with Crippen LogP contribution >= 0.6 is 0 Å². The van der Waals surface area contributed by atoms with Crippen LogP contribution in [-0.2, 0) is 4.79 Å². The van der Waals surface area contributed by atoms with Crippen molar-refractivity contribution in [2.75, 3.05) is 0 Å². The van der Waals surface area contributed by atoms with Gasteiger partial charge in [-0.1, -0.05) is 54.6 Å². The molecule has 2 aromatic rings. The smallest absolute Gasteiger partial charge is 0.341 e. The number of benzene rings is 2. The van der Waals surface area contributed by atoms with Gasteiger partial charge in [-0.25, -0.2) is 4.79 Å². The third-order valence-corrected chi connectivity index (χ3v) is 2.68. The lowest BCUT2D eigenvalue weighted by Crippen LogP contribution is -2.00. The minimum absolute atomic E-state index is 0.00724. The molecule has 2 rings (SSSR count). The van der Waals surface area contributed by atoms with Gasteiger partial charge in [-0.15, -0.1) is 0 Å². The predicted molar refractivity (Wildman–Crippen MR) is 68.6 cm³/mol. The molecule has 0 aliphatic carbocycles. The van der Waals surface area contributed by atoms with Gasteiger partial charge in [0.2, 0.25) is 0 Å². The standard InChI is InChI=1S/C15H10F2O2/c16-14(17)13(15(18)19)12-8-6-11(7-9-12)10-4-2-1-3-5-10/h1-9H,(H,18,19). The zero-order chi connectivity index (χ0) is 13.8. The molecule has 0 bridgehead atoms. The van der Waals surface area contributed by atoms with E-state index in [2.05, 4.69) is 0 Å². The molecular formula is C15H10F2O2. The van der Waals surface area contributed by atoms with Crippen molar-refractivity contribution < 1.29 is 18.7 Å². The van der Waals surface area contributed by atoms with Crippen LogP contribution in [0.2, 0.25) is 0 Å². The molecule has 19 heavy (non-hydrogen) atoms. The molecule has 0 aliphatic rings. The van der Waals surface area contributed by atoms with E-state index < -0.39 is 17.6 Å². The Morgan fingerprint density at radius 3 is 1.84 bits per heavy atom. The molecule has 0 unspecified atom stereocenters. The van der Waals surface area contributed by atoms with E-state index in [4.69, 9.17) is 5.11 Å². The molecule has 0 saturated heterocycles. The number of carboxylic acids is 1. The normalized spacial score (nSPS) is 10.0. The lowest BCUT2D eigenvalue weighted by molar-refractivity contribution is -0.130. The summed E-state index contributed by atoms with van der Waals surface area (Å²) in [5.41, 5.74) is 0.816. The Bertz CT molecular complexity index is 612. The zero-order valence-electron chi connectivity index (χ0n) is 9.81. The highest BCUT2D eigenvalue weighted by Crippen LogP contribution is 2.25. The molecule has 96 valence electrons. The topological polar surface area (TPSA) is 37.3 Å². The van der Waals surface area contributed by atoms with Crippen molar-refractivity contribution in [3.05, 3.63) is 66.2 Å². The highest BCUT2D eigenvalue weighted by molar-refractivity contribution is 6.15. The van der Waals surface area contributed by atoms with Crippen LogP contribution in [0.15, 0.2) is 60.7 Å². The van der Waals surface area contributed by atoms with Crippen LogP contribution in [-0.4, -0.2) is 11.1 Å². The molecule has 0 spiro atoms. The van der Waals surface area contributed by atoms with Crippen molar-refractivity contribution in [2.45, 2.75) is 0 Å².